The Morgan fingerprint density at radius 1 is 1.26 bits per heavy atom. The molecule has 0 radical (unpaired) electrons. The van der Waals surface area contributed by atoms with Gasteiger partial charge in [-0.1, -0.05) is 55.7 Å². The van der Waals surface area contributed by atoms with Crippen molar-refractivity contribution < 1.29 is 4.52 Å². The van der Waals surface area contributed by atoms with Crippen molar-refractivity contribution in [3.05, 3.63) is 52.1 Å². The normalized spacial score (nSPS) is 23.0. The monoisotopic (exact) mass is 383 g/mol. The van der Waals surface area contributed by atoms with E-state index in [-0.39, 0.29) is 11.6 Å². The van der Waals surface area contributed by atoms with Crippen LogP contribution in [-0.2, 0) is 5.75 Å². The van der Waals surface area contributed by atoms with Crippen LogP contribution in [0.4, 0.5) is 0 Å². The molecule has 3 aromatic rings. The molecule has 1 aliphatic rings. The molecule has 3 atom stereocenters. The van der Waals surface area contributed by atoms with Gasteiger partial charge in [0.1, 0.15) is 5.76 Å². The Morgan fingerprint density at radius 2 is 2.07 bits per heavy atom. The Bertz CT molecular complexity index is 1010. The predicted octanol–water partition coefficient (Wildman–Crippen LogP) is 4.98. The van der Waals surface area contributed by atoms with Gasteiger partial charge in [0.05, 0.1) is 16.6 Å². The summed E-state index contributed by atoms with van der Waals surface area (Å²) in [6.45, 7) is 6.45. The third-order valence-electron chi connectivity index (χ3n) is 5.80. The Hall–Kier alpha value is -2.08. The Balaban J connectivity index is 1.78. The van der Waals surface area contributed by atoms with Crippen molar-refractivity contribution in [1.82, 2.24) is 14.7 Å². The number of benzene rings is 1. The zero-order chi connectivity index (χ0) is 19.0. The second-order valence-corrected chi connectivity index (χ2v) is 8.58. The van der Waals surface area contributed by atoms with Crippen LogP contribution in [0.15, 0.2) is 44.8 Å². The van der Waals surface area contributed by atoms with Gasteiger partial charge in [-0.15, -0.1) is 0 Å². The summed E-state index contributed by atoms with van der Waals surface area (Å²) in [5.41, 5.74) is 1.70. The minimum absolute atomic E-state index is 0.0744. The largest absolute Gasteiger partial charge is 0.361 e. The summed E-state index contributed by atoms with van der Waals surface area (Å²) < 4.78 is 7.13. The third kappa shape index (κ3) is 3.55. The SMILES string of the molecule is Cc1cc(CSc2nc3ccccc3c(=O)n2[C@@H]2CCC[C@H](C)[C@H]2C)no1. The van der Waals surface area contributed by atoms with Gasteiger partial charge in [-0.2, -0.15) is 0 Å². The van der Waals surface area contributed by atoms with Crippen LogP contribution in [-0.4, -0.2) is 14.7 Å². The second kappa shape index (κ2) is 7.50. The number of nitrogens with zero attached hydrogens (tertiary/aromatic N) is 3. The molecule has 0 spiro atoms. The summed E-state index contributed by atoms with van der Waals surface area (Å²) in [5, 5.41) is 5.56. The first-order chi connectivity index (χ1) is 13.0. The molecule has 0 unspecified atom stereocenters. The number of aromatic nitrogens is 3. The lowest BCUT2D eigenvalue weighted by Gasteiger charge is -2.36. The molecular formula is C21H25N3O2S. The molecule has 27 heavy (non-hydrogen) atoms. The van der Waals surface area contributed by atoms with E-state index in [1.54, 1.807) is 11.8 Å². The first-order valence-electron chi connectivity index (χ1n) is 9.61. The fourth-order valence-electron chi connectivity index (χ4n) is 4.06. The lowest BCUT2D eigenvalue weighted by Crippen LogP contribution is -2.35. The van der Waals surface area contributed by atoms with Crippen LogP contribution in [0, 0.1) is 18.8 Å². The van der Waals surface area contributed by atoms with Gasteiger partial charge >= 0.3 is 0 Å². The molecule has 0 N–H and O–H groups in total. The predicted molar refractivity (Wildman–Crippen MR) is 108 cm³/mol. The Labute approximate surface area is 163 Å². The van der Waals surface area contributed by atoms with Gasteiger partial charge in [0.15, 0.2) is 5.16 Å². The Kier molecular flexibility index (Phi) is 5.08. The van der Waals surface area contributed by atoms with E-state index in [1.165, 1.54) is 6.42 Å². The highest BCUT2D eigenvalue weighted by atomic mass is 32.2. The standard InChI is InChI=1S/C21H25N3O2S/c1-13-7-6-10-19(15(13)3)24-20(25)17-8-4-5-9-18(17)22-21(24)27-12-16-11-14(2)26-23-16/h4-5,8-9,11,13,15,19H,6-7,10,12H2,1-3H3/t13-,15+,19+/m0/s1. The van der Waals surface area contributed by atoms with E-state index in [0.717, 1.165) is 35.0 Å². The highest BCUT2D eigenvalue weighted by Gasteiger charge is 2.31. The summed E-state index contributed by atoms with van der Waals surface area (Å²) in [7, 11) is 0. The average Bonchev–Trinajstić information content (AvgIpc) is 3.08. The van der Waals surface area contributed by atoms with Crippen LogP contribution in [0.25, 0.3) is 10.9 Å². The topological polar surface area (TPSA) is 60.9 Å². The van der Waals surface area contributed by atoms with E-state index in [1.807, 2.05) is 41.8 Å². The highest BCUT2D eigenvalue weighted by Crippen LogP contribution is 2.39. The smallest absolute Gasteiger partial charge is 0.262 e. The molecule has 2 aromatic heterocycles. The zero-order valence-corrected chi connectivity index (χ0v) is 16.8. The van der Waals surface area contributed by atoms with Crippen LogP contribution in [0.5, 0.6) is 0 Å². The second-order valence-electron chi connectivity index (χ2n) is 7.64. The average molecular weight is 384 g/mol. The molecule has 0 saturated heterocycles. The molecule has 2 heterocycles. The van der Waals surface area contributed by atoms with Crippen LogP contribution >= 0.6 is 11.8 Å². The van der Waals surface area contributed by atoms with Crippen molar-refractivity contribution in [2.75, 3.05) is 0 Å². The highest BCUT2D eigenvalue weighted by molar-refractivity contribution is 7.98. The van der Waals surface area contributed by atoms with Crippen LogP contribution in [0.2, 0.25) is 0 Å². The molecule has 1 aliphatic carbocycles. The summed E-state index contributed by atoms with van der Waals surface area (Å²) in [6, 6.07) is 9.76. The molecule has 0 amide bonds. The fraction of sp³-hybridized carbons (Fsp3) is 0.476. The van der Waals surface area contributed by atoms with Crippen LogP contribution < -0.4 is 5.56 Å². The van der Waals surface area contributed by atoms with Crippen molar-refractivity contribution >= 4 is 22.7 Å². The van der Waals surface area contributed by atoms with Crippen molar-refractivity contribution in [3.63, 3.8) is 0 Å². The van der Waals surface area contributed by atoms with Crippen molar-refractivity contribution in [2.45, 2.75) is 57.0 Å². The van der Waals surface area contributed by atoms with Gasteiger partial charge < -0.3 is 4.52 Å². The number of para-hydroxylation sites is 1. The minimum atomic E-state index is 0.0744. The van der Waals surface area contributed by atoms with Gasteiger partial charge in [-0.3, -0.25) is 9.36 Å². The Morgan fingerprint density at radius 3 is 2.85 bits per heavy atom. The van der Waals surface area contributed by atoms with Gasteiger partial charge in [-0.25, -0.2) is 4.98 Å². The molecule has 6 heteroatoms. The number of hydrogen-bond donors (Lipinski definition) is 0. The minimum Gasteiger partial charge on any atom is -0.361 e. The molecular weight excluding hydrogens is 358 g/mol. The van der Waals surface area contributed by atoms with Gasteiger partial charge in [-0.05, 0) is 37.3 Å². The maximum atomic E-state index is 13.4. The van der Waals surface area contributed by atoms with Crippen LogP contribution in [0.1, 0.15) is 50.6 Å². The molecule has 4 rings (SSSR count). The molecule has 0 aliphatic heterocycles. The number of fused-ring (bicyclic) bond motifs is 1. The first-order valence-corrected chi connectivity index (χ1v) is 10.6. The number of thioether (sulfide) groups is 1. The van der Waals surface area contributed by atoms with E-state index < -0.39 is 0 Å². The van der Waals surface area contributed by atoms with E-state index in [9.17, 15) is 4.79 Å². The van der Waals surface area contributed by atoms with Gasteiger partial charge in [0, 0.05) is 17.9 Å². The molecule has 1 aromatic carbocycles. The summed E-state index contributed by atoms with van der Waals surface area (Å²) in [4.78, 5) is 18.3. The number of hydrogen-bond acceptors (Lipinski definition) is 5. The molecule has 1 saturated carbocycles. The van der Waals surface area contributed by atoms with E-state index in [4.69, 9.17) is 9.51 Å². The summed E-state index contributed by atoms with van der Waals surface area (Å²) in [6.07, 6.45) is 3.41. The number of aryl methyl sites for hydroxylation is 1. The molecule has 142 valence electrons. The van der Waals surface area contributed by atoms with E-state index in [0.29, 0.717) is 23.0 Å². The summed E-state index contributed by atoms with van der Waals surface area (Å²) >= 11 is 1.57. The van der Waals surface area contributed by atoms with Crippen molar-refractivity contribution in [3.8, 4) is 0 Å². The summed E-state index contributed by atoms with van der Waals surface area (Å²) in [5.74, 6) is 2.49. The van der Waals surface area contributed by atoms with Crippen molar-refractivity contribution in [1.29, 1.82) is 0 Å². The number of rotatable bonds is 4. The van der Waals surface area contributed by atoms with Crippen molar-refractivity contribution in [2.24, 2.45) is 11.8 Å². The maximum Gasteiger partial charge on any atom is 0.262 e. The molecule has 5 nitrogen and oxygen atoms in total. The maximum absolute atomic E-state index is 13.4. The van der Waals surface area contributed by atoms with E-state index in [2.05, 4.69) is 19.0 Å². The zero-order valence-electron chi connectivity index (χ0n) is 16.0. The van der Waals surface area contributed by atoms with Gasteiger partial charge in [0.25, 0.3) is 5.56 Å². The lowest BCUT2D eigenvalue weighted by molar-refractivity contribution is 0.173. The third-order valence-corrected chi connectivity index (χ3v) is 6.78. The quantitative estimate of drug-likeness (QED) is 0.469. The molecule has 0 bridgehead atoms. The first kappa shape index (κ1) is 18.3. The van der Waals surface area contributed by atoms with Crippen LogP contribution in [0.3, 0.4) is 0 Å². The molecule has 1 fully saturated rings. The lowest BCUT2D eigenvalue weighted by atomic mass is 9.78. The van der Waals surface area contributed by atoms with Gasteiger partial charge in [0.2, 0.25) is 0 Å². The van der Waals surface area contributed by atoms with E-state index >= 15 is 0 Å². The fourth-order valence-corrected chi connectivity index (χ4v) is 5.00.